The van der Waals surface area contributed by atoms with Crippen molar-refractivity contribution in [1.82, 2.24) is 24.6 Å². The molecule has 0 spiro atoms. The molecule has 0 saturated heterocycles. The molecule has 1 aromatic carbocycles. The minimum absolute atomic E-state index is 0.00462. The number of rotatable bonds is 6. The van der Waals surface area contributed by atoms with Crippen LogP contribution >= 0.6 is 0 Å². The molecule has 31 heavy (non-hydrogen) atoms. The van der Waals surface area contributed by atoms with Crippen LogP contribution in [0, 0.1) is 5.82 Å². The highest BCUT2D eigenvalue weighted by molar-refractivity contribution is 5.98. The van der Waals surface area contributed by atoms with Gasteiger partial charge in [-0.15, -0.1) is 0 Å². The normalized spacial score (nSPS) is 18.3. The average Bonchev–Trinajstić information content (AvgIpc) is 3.40. The quantitative estimate of drug-likeness (QED) is 0.456. The molecular formula is C20H20F4N6O. The Bertz CT molecular complexity index is 1030. The number of nitrogens with one attached hydrogen (secondary N) is 2. The SMILES string of the molecule is O=C(NCCCn1ccnc1)c1cnn2c1NC(c1ccc(F)cc1)CC2C(F)(F)F. The van der Waals surface area contributed by atoms with Crippen LogP contribution in [0.3, 0.4) is 0 Å². The maximum Gasteiger partial charge on any atom is 0.410 e. The van der Waals surface area contributed by atoms with Gasteiger partial charge in [-0.2, -0.15) is 18.3 Å². The summed E-state index contributed by atoms with van der Waals surface area (Å²) in [5, 5.41) is 9.54. The average molecular weight is 436 g/mol. The molecule has 2 aromatic heterocycles. The summed E-state index contributed by atoms with van der Waals surface area (Å²) in [6, 6.07) is 2.61. The van der Waals surface area contributed by atoms with Crippen LogP contribution in [0.15, 0.2) is 49.2 Å². The number of alkyl halides is 3. The van der Waals surface area contributed by atoms with Crippen LogP contribution in [-0.4, -0.2) is 38.0 Å². The fourth-order valence-corrected chi connectivity index (χ4v) is 3.62. The lowest BCUT2D eigenvalue weighted by atomic mass is 9.96. The first-order valence-electron chi connectivity index (χ1n) is 9.73. The van der Waals surface area contributed by atoms with Crippen molar-refractivity contribution in [2.24, 2.45) is 0 Å². The molecule has 164 valence electrons. The molecule has 7 nitrogen and oxygen atoms in total. The molecule has 1 aliphatic heterocycles. The van der Waals surface area contributed by atoms with Crippen molar-refractivity contribution in [3.05, 3.63) is 66.1 Å². The van der Waals surface area contributed by atoms with Gasteiger partial charge >= 0.3 is 6.18 Å². The number of imidazole rings is 1. The number of aryl methyl sites for hydroxylation is 1. The van der Waals surface area contributed by atoms with Crippen LogP contribution in [0.5, 0.6) is 0 Å². The molecule has 4 rings (SSSR count). The van der Waals surface area contributed by atoms with Crippen LogP contribution in [0.4, 0.5) is 23.4 Å². The van der Waals surface area contributed by atoms with Gasteiger partial charge in [0.2, 0.25) is 0 Å². The number of aromatic nitrogens is 4. The smallest absolute Gasteiger partial charge is 0.363 e. The number of amides is 1. The van der Waals surface area contributed by atoms with Gasteiger partial charge in [-0.05, 0) is 24.1 Å². The zero-order chi connectivity index (χ0) is 22.0. The Morgan fingerprint density at radius 3 is 2.71 bits per heavy atom. The fraction of sp³-hybridized carbons (Fsp3) is 0.350. The topological polar surface area (TPSA) is 76.8 Å². The monoisotopic (exact) mass is 436 g/mol. The number of hydrogen-bond donors (Lipinski definition) is 2. The largest absolute Gasteiger partial charge is 0.410 e. The third kappa shape index (κ3) is 4.54. The predicted molar refractivity (Wildman–Crippen MR) is 104 cm³/mol. The summed E-state index contributed by atoms with van der Waals surface area (Å²) in [6.07, 6.45) is 1.99. The first kappa shape index (κ1) is 20.9. The number of carbonyl (C=O) groups is 1. The Hall–Kier alpha value is -3.37. The van der Waals surface area contributed by atoms with Gasteiger partial charge in [0, 0.05) is 31.9 Å². The summed E-state index contributed by atoms with van der Waals surface area (Å²) in [5.74, 6) is -0.997. The second kappa shape index (κ2) is 8.40. The summed E-state index contributed by atoms with van der Waals surface area (Å²) in [6.45, 7) is 0.985. The number of anilines is 1. The van der Waals surface area contributed by atoms with Gasteiger partial charge in [0.05, 0.1) is 18.6 Å². The van der Waals surface area contributed by atoms with Crippen molar-refractivity contribution >= 4 is 11.7 Å². The summed E-state index contributed by atoms with van der Waals surface area (Å²) in [5.41, 5.74) is 0.526. The molecule has 1 aliphatic rings. The predicted octanol–water partition coefficient (Wildman–Crippen LogP) is 3.70. The van der Waals surface area contributed by atoms with E-state index in [1.54, 1.807) is 18.7 Å². The number of benzene rings is 1. The second-order valence-corrected chi connectivity index (χ2v) is 7.30. The van der Waals surface area contributed by atoms with Gasteiger partial charge in [-0.3, -0.25) is 4.79 Å². The van der Waals surface area contributed by atoms with Gasteiger partial charge < -0.3 is 15.2 Å². The van der Waals surface area contributed by atoms with E-state index in [4.69, 9.17) is 0 Å². The van der Waals surface area contributed by atoms with Gasteiger partial charge in [0.15, 0.2) is 6.04 Å². The third-order valence-corrected chi connectivity index (χ3v) is 5.19. The van der Waals surface area contributed by atoms with E-state index in [-0.39, 0.29) is 17.8 Å². The number of halogens is 4. The van der Waals surface area contributed by atoms with E-state index in [9.17, 15) is 22.4 Å². The van der Waals surface area contributed by atoms with Crippen LogP contribution in [0.2, 0.25) is 0 Å². The lowest BCUT2D eigenvalue weighted by molar-refractivity contribution is -0.173. The highest BCUT2D eigenvalue weighted by Gasteiger charge is 2.47. The molecule has 2 N–H and O–H groups in total. The summed E-state index contributed by atoms with van der Waals surface area (Å²) >= 11 is 0. The molecule has 3 heterocycles. The molecule has 2 unspecified atom stereocenters. The van der Waals surface area contributed by atoms with E-state index in [0.717, 1.165) is 10.9 Å². The Balaban J connectivity index is 1.51. The maximum atomic E-state index is 13.7. The van der Waals surface area contributed by atoms with Crippen molar-refractivity contribution in [2.75, 3.05) is 11.9 Å². The standard InChI is InChI=1S/C20H20F4N6O/c21-14-4-2-13(3-5-14)16-10-17(20(22,23)24)30-18(28-16)15(11-27-30)19(31)26-6-1-8-29-9-7-25-12-29/h2-5,7,9,11-12,16-17,28H,1,6,8,10H2,(H,26,31). The highest BCUT2D eigenvalue weighted by atomic mass is 19.4. The van der Waals surface area contributed by atoms with Crippen LogP contribution in [0.25, 0.3) is 0 Å². The second-order valence-electron chi connectivity index (χ2n) is 7.30. The molecule has 3 aromatic rings. The Kier molecular flexibility index (Phi) is 5.66. The Labute approximate surface area is 175 Å². The van der Waals surface area contributed by atoms with E-state index in [1.165, 1.54) is 24.3 Å². The zero-order valence-corrected chi connectivity index (χ0v) is 16.3. The zero-order valence-electron chi connectivity index (χ0n) is 16.3. The molecule has 0 aliphatic carbocycles. The molecule has 1 amide bonds. The molecule has 0 bridgehead atoms. The van der Waals surface area contributed by atoms with E-state index >= 15 is 0 Å². The number of nitrogens with zero attached hydrogens (tertiary/aromatic N) is 4. The first-order valence-corrected chi connectivity index (χ1v) is 9.73. The molecule has 0 radical (unpaired) electrons. The maximum absolute atomic E-state index is 13.7. The molecule has 2 atom stereocenters. The first-order chi connectivity index (χ1) is 14.8. The van der Waals surface area contributed by atoms with E-state index in [1.807, 2.05) is 4.57 Å². The van der Waals surface area contributed by atoms with Crippen LogP contribution < -0.4 is 10.6 Å². The van der Waals surface area contributed by atoms with Crippen molar-refractivity contribution in [3.8, 4) is 0 Å². The number of carbonyl (C=O) groups excluding carboxylic acids is 1. The van der Waals surface area contributed by atoms with E-state index in [2.05, 4.69) is 20.7 Å². The lowest BCUT2D eigenvalue weighted by Crippen LogP contribution is -2.36. The number of fused-ring (bicyclic) bond motifs is 1. The highest BCUT2D eigenvalue weighted by Crippen LogP contribution is 2.44. The Morgan fingerprint density at radius 2 is 2.03 bits per heavy atom. The number of hydrogen-bond acceptors (Lipinski definition) is 4. The summed E-state index contributed by atoms with van der Waals surface area (Å²) < 4.78 is 57.0. The molecule has 0 fully saturated rings. The van der Waals surface area contributed by atoms with Crippen LogP contribution in [-0.2, 0) is 6.54 Å². The minimum atomic E-state index is -4.56. The van der Waals surface area contributed by atoms with Gasteiger partial charge in [0.1, 0.15) is 17.2 Å². The van der Waals surface area contributed by atoms with E-state index in [0.29, 0.717) is 25.1 Å². The van der Waals surface area contributed by atoms with Crippen molar-refractivity contribution in [1.29, 1.82) is 0 Å². The summed E-state index contributed by atoms with van der Waals surface area (Å²) in [7, 11) is 0. The molecule has 11 heteroatoms. The lowest BCUT2D eigenvalue weighted by Gasteiger charge is -2.34. The van der Waals surface area contributed by atoms with E-state index < -0.39 is 30.0 Å². The van der Waals surface area contributed by atoms with Crippen molar-refractivity contribution < 1.29 is 22.4 Å². The van der Waals surface area contributed by atoms with Crippen molar-refractivity contribution in [3.63, 3.8) is 0 Å². The summed E-state index contributed by atoms with van der Waals surface area (Å²) in [4.78, 5) is 16.6. The van der Waals surface area contributed by atoms with Gasteiger partial charge in [-0.25, -0.2) is 14.1 Å². The van der Waals surface area contributed by atoms with Crippen LogP contribution in [0.1, 0.15) is 40.8 Å². The van der Waals surface area contributed by atoms with Gasteiger partial charge in [-0.1, -0.05) is 12.1 Å². The third-order valence-electron chi connectivity index (χ3n) is 5.19. The van der Waals surface area contributed by atoms with Crippen molar-refractivity contribution in [2.45, 2.75) is 37.6 Å². The molecule has 0 saturated carbocycles. The van der Waals surface area contributed by atoms with Gasteiger partial charge in [0.25, 0.3) is 5.91 Å². The molecular weight excluding hydrogens is 416 g/mol. The minimum Gasteiger partial charge on any atom is -0.363 e. The fourth-order valence-electron chi connectivity index (χ4n) is 3.62. The Morgan fingerprint density at radius 1 is 1.26 bits per heavy atom.